The second kappa shape index (κ2) is 18.3. The number of aromatic nitrogens is 1. The molecule has 1 aliphatic carbocycles. The van der Waals surface area contributed by atoms with Gasteiger partial charge in [0.2, 0.25) is 11.8 Å². The fourth-order valence-corrected chi connectivity index (χ4v) is 5.64. The summed E-state index contributed by atoms with van der Waals surface area (Å²) in [4.78, 5) is 64.6. The van der Waals surface area contributed by atoms with Crippen LogP contribution in [-0.4, -0.2) is 76.2 Å². The van der Waals surface area contributed by atoms with E-state index in [9.17, 15) is 29.1 Å². The third-order valence-electron chi connectivity index (χ3n) is 8.13. The van der Waals surface area contributed by atoms with Crippen molar-refractivity contribution < 1.29 is 33.8 Å². The molecule has 2 aliphatic rings. The zero-order valence-electron chi connectivity index (χ0n) is 29.1. The number of rotatable bonds is 12. The number of ether oxygens (including phenoxy) is 2. The highest BCUT2D eigenvalue weighted by Gasteiger charge is 2.61. The number of nitrogens with zero attached hydrogens (tertiary/aromatic N) is 1. The molecule has 3 atom stereocenters. The number of pyridine rings is 1. The number of methoxy groups -OCH3 is 1. The van der Waals surface area contributed by atoms with Gasteiger partial charge >= 0.3 is 12.1 Å². The number of fused-ring (bicyclic) bond motifs is 1. The van der Waals surface area contributed by atoms with Crippen molar-refractivity contribution >= 4 is 34.6 Å². The Labute approximate surface area is 278 Å². The Kier molecular flexibility index (Phi) is 15.2. The van der Waals surface area contributed by atoms with Gasteiger partial charge in [0.15, 0.2) is 0 Å². The summed E-state index contributed by atoms with van der Waals surface area (Å²) in [5.74, 6) is -1.12. The average molecular weight is 659 g/mol. The first-order chi connectivity index (χ1) is 22.3. The highest BCUT2D eigenvalue weighted by molar-refractivity contribution is 5.95. The van der Waals surface area contributed by atoms with Crippen LogP contribution < -0.4 is 20.9 Å². The zero-order chi connectivity index (χ0) is 35.2. The Morgan fingerprint density at radius 1 is 1.09 bits per heavy atom. The number of carboxylic acids is 1. The van der Waals surface area contributed by atoms with Crippen LogP contribution in [0.25, 0.3) is 10.8 Å². The number of likely N-dealkylation sites (tertiary alicyclic amines) is 1. The summed E-state index contributed by atoms with van der Waals surface area (Å²) in [5.41, 5.74) is -1.96. The molecule has 3 amide bonds. The second-order valence-corrected chi connectivity index (χ2v) is 12.7. The molecular weight excluding hydrogens is 604 g/mol. The Bertz CT molecular complexity index is 1400. The lowest BCUT2D eigenvalue weighted by atomic mass is 10.0. The molecule has 0 radical (unpaired) electrons. The van der Waals surface area contributed by atoms with Crippen LogP contribution in [0, 0.1) is 5.92 Å². The first kappa shape index (κ1) is 39.1. The van der Waals surface area contributed by atoms with Crippen molar-refractivity contribution in [2.45, 2.75) is 117 Å². The van der Waals surface area contributed by atoms with Crippen LogP contribution in [-0.2, 0) is 19.1 Å². The molecule has 1 aromatic heterocycles. The van der Waals surface area contributed by atoms with Crippen LogP contribution >= 0.6 is 0 Å². The van der Waals surface area contributed by atoms with Crippen LogP contribution in [0.4, 0.5) is 4.79 Å². The molecule has 0 bridgehead atoms. The predicted molar refractivity (Wildman–Crippen MR) is 181 cm³/mol. The largest absolute Gasteiger partial charge is 0.497 e. The monoisotopic (exact) mass is 658 g/mol. The molecule has 4 N–H and O–H groups in total. The van der Waals surface area contributed by atoms with Crippen molar-refractivity contribution in [1.29, 1.82) is 0 Å². The van der Waals surface area contributed by atoms with Crippen LogP contribution in [0.1, 0.15) is 99.3 Å². The SMILES string of the molecule is CC.CCCCCCC[C@@H]1C[C@]1(NC(=O)[C@@H]1CCCN1C(=O)CNC(=O)OC(C)(C)C)C(=O)O.COc1ccc2c(=O)[nH]ccc2c1. The van der Waals surface area contributed by atoms with E-state index >= 15 is 0 Å². The number of alkyl carbamates (subject to hydrolysis) is 1. The second-order valence-electron chi connectivity index (χ2n) is 12.7. The molecule has 1 aromatic carbocycles. The molecular formula is C35H54N4O8. The number of carboxylic acid groups (broad SMARTS) is 1. The number of carbonyl (C=O) groups excluding carboxylic acids is 3. The summed E-state index contributed by atoms with van der Waals surface area (Å²) < 4.78 is 10.2. The van der Waals surface area contributed by atoms with Gasteiger partial charge in [0.25, 0.3) is 5.56 Å². The number of hydrogen-bond acceptors (Lipinski definition) is 7. The summed E-state index contributed by atoms with van der Waals surface area (Å²) >= 11 is 0. The van der Waals surface area contributed by atoms with Gasteiger partial charge in [-0.05, 0) is 82.0 Å². The van der Waals surface area contributed by atoms with Gasteiger partial charge in [-0.3, -0.25) is 14.4 Å². The molecule has 2 aromatic rings. The van der Waals surface area contributed by atoms with E-state index in [2.05, 4.69) is 22.5 Å². The Hall–Kier alpha value is -4.09. The van der Waals surface area contributed by atoms with E-state index in [4.69, 9.17) is 9.47 Å². The average Bonchev–Trinajstić information content (AvgIpc) is 3.49. The molecule has 0 unspecified atom stereocenters. The quantitative estimate of drug-likeness (QED) is 0.220. The summed E-state index contributed by atoms with van der Waals surface area (Å²) in [5, 5.41) is 16.5. The third kappa shape index (κ3) is 11.6. The minimum absolute atomic E-state index is 0.0648. The van der Waals surface area contributed by atoms with Crippen LogP contribution in [0.5, 0.6) is 5.75 Å². The van der Waals surface area contributed by atoms with E-state index in [1.807, 2.05) is 26.0 Å². The summed E-state index contributed by atoms with van der Waals surface area (Å²) in [7, 11) is 1.61. The van der Waals surface area contributed by atoms with E-state index in [1.165, 1.54) is 11.3 Å². The van der Waals surface area contributed by atoms with E-state index < -0.39 is 35.2 Å². The lowest BCUT2D eigenvalue weighted by molar-refractivity contribution is -0.145. The van der Waals surface area contributed by atoms with Crippen LogP contribution in [0.2, 0.25) is 0 Å². The number of carbonyl (C=O) groups is 4. The van der Waals surface area contributed by atoms with Crippen molar-refractivity contribution in [2.24, 2.45) is 5.92 Å². The zero-order valence-corrected chi connectivity index (χ0v) is 29.1. The van der Waals surface area contributed by atoms with Gasteiger partial charge in [-0.2, -0.15) is 0 Å². The third-order valence-corrected chi connectivity index (χ3v) is 8.13. The maximum atomic E-state index is 12.9. The van der Waals surface area contributed by atoms with E-state index in [0.29, 0.717) is 31.2 Å². The summed E-state index contributed by atoms with van der Waals surface area (Å²) in [6, 6.07) is 6.50. The Morgan fingerprint density at radius 3 is 2.43 bits per heavy atom. The molecule has 47 heavy (non-hydrogen) atoms. The summed E-state index contributed by atoms with van der Waals surface area (Å²) in [6.45, 7) is 11.4. The maximum absolute atomic E-state index is 12.9. The molecule has 12 heteroatoms. The highest BCUT2D eigenvalue weighted by Crippen LogP contribution is 2.47. The highest BCUT2D eigenvalue weighted by atomic mass is 16.6. The molecule has 0 spiro atoms. The van der Waals surface area contributed by atoms with E-state index in [-0.39, 0.29) is 23.9 Å². The molecule has 2 fully saturated rings. The number of amides is 3. The molecule has 4 rings (SSSR count). The van der Waals surface area contributed by atoms with Crippen molar-refractivity contribution in [3.8, 4) is 5.75 Å². The number of benzene rings is 1. The standard InChI is InChI=1S/C23H39N3O6.C10H9NO2.C2H6/c1-5-6-7-8-9-11-16-14-23(16,20(29)30)25-19(28)17-12-10-13-26(17)18(27)15-24-21(31)32-22(2,3)4;1-13-8-2-3-9-7(6-8)4-5-11-10(9)12;1-2/h16-17H,5-15H2,1-4H3,(H,24,31)(H,25,28)(H,29,30);2-6H,1H3,(H,11,12);1-2H3/t16-,17+,23-;;/m1../s1. The van der Waals surface area contributed by atoms with Crippen molar-refractivity contribution in [2.75, 3.05) is 20.2 Å². The molecule has 1 saturated carbocycles. The number of aliphatic carboxylic acids is 1. The van der Waals surface area contributed by atoms with Gasteiger partial charge in [-0.1, -0.05) is 52.9 Å². The molecule has 1 saturated heterocycles. The number of H-pyrrole nitrogens is 1. The lowest BCUT2D eigenvalue weighted by Gasteiger charge is -2.26. The number of nitrogens with one attached hydrogen (secondary N) is 3. The first-order valence-electron chi connectivity index (χ1n) is 16.8. The summed E-state index contributed by atoms with van der Waals surface area (Å²) in [6.07, 6.45) is 8.78. The van der Waals surface area contributed by atoms with Crippen molar-refractivity contribution in [3.63, 3.8) is 0 Å². The van der Waals surface area contributed by atoms with E-state index in [1.54, 1.807) is 46.2 Å². The maximum Gasteiger partial charge on any atom is 0.408 e. The van der Waals surface area contributed by atoms with Crippen LogP contribution in [0.3, 0.4) is 0 Å². The van der Waals surface area contributed by atoms with Gasteiger partial charge in [-0.25, -0.2) is 9.59 Å². The first-order valence-corrected chi connectivity index (χ1v) is 16.8. The van der Waals surface area contributed by atoms with Gasteiger partial charge in [0, 0.05) is 18.1 Å². The van der Waals surface area contributed by atoms with Gasteiger partial charge in [0.1, 0.15) is 29.5 Å². The normalized spacial score (nSPS) is 19.8. The predicted octanol–water partition coefficient (Wildman–Crippen LogP) is 5.39. The Balaban J connectivity index is 0.000000421. The number of unbranched alkanes of at least 4 members (excludes halogenated alkanes) is 4. The minimum Gasteiger partial charge on any atom is -0.497 e. The van der Waals surface area contributed by atoms with Crippen molar-refractivity contribution in [3.05, 3.63) is 40.8 Å². The molecule has 1 aliphatic heterocycles. The van der Waals surface area contributed by atoms with Gasteiger partial charge in [0.05, 0.1) is 7.11 Å². The number of aromatic amines is 1. The Morgan fingerprint density at radius 2 is 1.79 bits per heavy atom. The minimum atomic E-state index is -1.21. The molecule has 262 valence electrons. The number of hydrogen-bond donors (Lipinski definition) is 4. The lowest BCUT2D eigenvalue weighted by Crippen LogP contribution is -2.54. The fourth-order valence-electron chi connectivity index (χ4n) is 5.64. The van der Waals surface area contributed by atoms with Gasteiger partial charge in [-0.15, -0.1) is 0 Å². The van der Waals surface area contributed by atoms with Crippen LogP contribution in [0.15, 0.2) is 35.3 Å². The topological polar surface area (TPSA) is 167 Å². The van der Waals surface area contributed by atoms with Crippen molar-refractivity contribution in [1.82, 2.24) is 20.5 Å². The van der Waals surface area contributed by atoms with E-state index in [0.717, 1.165) is 43.2 Å². The van der Waals surface area contributed by atoms with Gasteiger partial charge < -0.3 is 35.1 Å². The molecule has 2 heterocycles. The smallest absolute Gasteiger partial charge is 0.408 e. The fraction of sp³-hybridized carbons (Fsp3) is 0.629. The molecule has 12 nitrogen and oxygen atoms in total.